The van der Waals surface area contributed by atoms with Crippen molar-refractivity contribution in [1.29, 1.82) is 0 Å². The second-order valence-electron chi connectivity index (χ2n) is 2.93. The fourth-order valence-electron chi connectivity index (χ4n) is 1.31. The van der Waals surface area contributed by atoms with E-state index in [9.17, 15) is 14.9 Å². The molecule has 0 fully saturated rings. The molecule has 0 spiro atoms. The number of aldehydes is 1. The minimum atomic E-state index is -0.250. The highest BCUT2D eigenvalue weighted by Crippen LogP contribution is 2.16. The van der Waals surface area contributed by atoms with Gasteiger partial charge in [-0.15, -0.1) is 0 Å². The summed E-state index contributed by atoms with van der Waals surface area (Å²) in [5.74, 6) is 0. The molecule has 0 aliphatic heterocycles. The van der Waals surface area contributed by atoms with Gasteiger partial charge in [-0.2, -0.15) is 0 Å². The van der Waals surface area contributed by atoms with E-state index < -0.39 is 0 Å². The Hall–Kier alpha value is -1.88. The van der Waals surface area contributed by atoms with Crippen molar-refractivity contribution in [1.82, 2.24) is 4.73 Å². The van der Waals surface area contributed by atoms with Gasteiger partial charge in [-0.1, -0.05) is 11.6 Å². The number of rotatable bonds is 1. The van der Waals surface area contributed by atoms with E-state index in [2.05, 4.69) is 0 Å². The van der Waals surface area contributed by atoms with Gasteiger partial charge in [0, 0.05) is 16.0 Å². The van der Waals surface area contributed by atoms with Crippen LogP contribution in [0.25, 0.3) is 11.0 Å². The number of carbonyl (C=O) groups is 1. The van der Waals surface area contributed by atoms with E-state index in [4.69, 9.17) is 11.6 Å². The predicted molar refractivity (Wildman–Crippen MR) is 54.5 cm³/mol. The van der Waals surface area contributed by atoms with E-state index >= 15 is 0 Å². The van der Waals surface area contributed by atoms with Crippen molar-refractivity contribution in [2.75, 3.05) is 0 Å². The summed E-state index contributed by atoms with van der Waals surface area (Å²) in [5, 5.41) is 11.9. The van der Waals surface area contributed by atoms with Gasteiger partial charge in [0.05, 0.1) is 4.43 Å². The van der Waals surface area contributed by atoms with Crippen LogP contribution in [0.5, 0.6) is 0 Å². The zero-order chi connectivity index (χ0) is 11.0. The average molecular weight is 225 g/mol. The van der Waals surface area contributed by atoms with Gasteiger partial charge in [-0.25, -0.2) is 0 Å². The van der Waals surface area contributed by atoms with E-state index in [1.54, 1.807) is 0 Å². The van der Waals surface area contributed by atoms with Crippen LogP contribution in [0, 0.1) is 10.1 Å². The topological polar surface area (TPSA) is 68.0 Å². The van der Waals surface area contributed by atoms with Crippen LogP contribution >= 0.6 is 11.6 Å². The fraction of sp³-hybridized carbons (Fsp3) is 0. The molecule has 76 valence electrons. The number of halogens is 1. The van der Waals surface area contributed by atoms with Crippen molar-refractivity contribution in [3.05, 3.63) is 45.2 Å². The molecule has 2 aromatic rings. The lowest BCUT2D eigenvalue weighted by Gasteiger charge is -2.12. The lowest BCUT2D eigenvalue weighted by molar-refractivity contribution is -0.464. The van der Waals surface area contributed by atoms with Gasteiger partial charge in [0.25, 0.3) is 11.7 Å². The van der Waals surface area contributed by atoms with Gasteiger partial charge < -0.3 is 9.94 Å². The van der Waals surface area contributed by atoms with Crippen LogP contribution in [0.2, 0.25) is 5.02 Å². The number of carbonyl (C=O) groups excluding carboxylic acids is 1. The quantitative estimate of drug-likeness (QED) is 0.543. The van der Waals surface area contributed by atoms with Gasteiger partial charge in [0.2, 0.25) is 0 Å². The molecule has 2 rings (SSSR count). The van der Waals surface area contributed by atoms with Gasteiger partial charge in [-0.05, 0) is 12.1 Å². The van der Waals surface area contributed by atoms with E-state index in [1.807, 2.05) is 0 Å². The number of benzene rings is 1. The summed E-state index contributed by atoms with van der Waals surface area (Å²) in [6, 6.07) is 4.26. The molecule has 0 aliphatic rings. The van der Waals surface area contributed by atoms with Gasteiger partial charge in [0.15, 0.2) is 6.29 Å². The Labute approximate surface area is 88.7 Å². The van der Waals surface area contributed by atoms with Crippen LogP contribution in [0.15, 0.2) is 24.4 Å². The minimum Gasteiger partial charge on any atom is -0.805 e. The summed E-state index contributed by atoms with van der Waals surface area (Å²) < 4.78 is 0.840. The standard InChI is InChI=1S/C9H5ClN2O3/c10-6-1-2-8-9(3-6)12(15)7(5-13)4-11(8)14/h1-5H. The molecule has 0 radical (unpaired) electrons. The van der Waals surface area contributed by atoms with Crippen LogP contribution in [0.3, 0.4) is 0 Å². The first-order valence-electron chi connectivity index (χ1n) is 4.03. The highest BCUT2D eigenvalue weighted by atomic mass is 35.5. The van der Waals surface area contributed by atoms with Crippen LogP contribution in [-0.4, -0.2) is 11.0 Å². The molecular weight excluding hydrogens is 220 g/mol. The van der Waals surface area contributed by atoms with Crippen LogP contribution in [0.1, 0.15) is 10.5 Å². The Bertz CT molecular complexity index is 606. The normalized spacial score (nSPS) is 10.5. The van der Waals surface area contributed by atoms with Crippen LogP contribution in [0.4, 0.5) is 0 Å². The summed E-state index contributed by atoms with van der Waals surface area (Å²) in [6.45, 7) is 0. The van der Waals surface area contributed by atoms with Gasteiger partial charge in [0.1, 0.15) is 11.2 Å². The van der Waals surface area contributed by atoms with E-state index in [1.165, 1.54) is 18.2 Å². The molecule has 0 aliphatic carbocycles. The lowest BCUT2D eigenvalue weighted by atomic mass is 10.3. The highest BCUT2D eigenvalue weighted by Gasteiger charge is 2.11. The van der Waals surface area contributed by atoms with Crippen LogP contribution in [-0.2, 0) is 0 Å². The Kier molecular flexibility index (Phi) is 2.17. The van der Waals surface area contributed by atoms with Crippen molar-refractivity contribution >= 4 is 28.9 Å². The number of aromatic nitrogens is 2. The number of nitrogens with zero attached hydrogens (tertiary/aromatic N) is 2. The molecule has 1 heterocycles. The molecular formula is C9H5ClN2O3. The predicted octanol–water partition coefficient (Wildman–Crippen LogP) is 1.37. The summed E-state index contributed by atoms with van der Waals surface area (Å²) in [7, 11) is 0. The molecule has 1 aromatic heterocycles. The van der Waals surface area contributed by atoms with Crippen molar-refractivity contribution < 1.29 is 9.22 Å². The molecule has 1 aromatic carbocycles. The van der Waals surface area contributed by atoms with Gasteiger partial charge in [-0.3, -0.25) is 4.79 Å². The van der Waals surface area contributed by atoms with Crippen LogP contribution < -0.4 is 4.43 Å². The first-order chi connectivity index (χ1) is 7.13. The Morgan fingerprint density at radius 2 is 2.20 bits per heavy atom. The first-order valence-corrected chi connectivity index (χ1v) is 4.41. The molecule has 0 saturated heterocycles. The summed E-state index contributed by atoms with van der Waals surface area (Å²) >= 11 is 5.69. The lowest BCUT2D eigenvalue weighted by Crippen LogP contribution is -2.19. The summed E-state index contributed by atoms with van der Waals surface area (Å²) in [4.78, 5) is 21.9. The second kappa shape index (κ2) is 3.36. The van der Waals surface area contributed by atoms with Crippen molar-refractivity contribution in [2.24, 2.45) is 0 Å². The minimum absolute atomic E-state index is 0.0714. The maximum atomic E-state index is 11.5. The molecule has 0 bridgehead atoms. The van der Waals surface area contributed by atoms with Crippen molar-refractivity contribution in [3.8, 4) is 0 Å². The number of fused-ring (bicyclic) bond motifs is 1. The highest BCUT2D eigenvalue weighted by molar-refractivity contribution is 6.31. The largest absolute Gasteiger partial charge is 0.805 e. The number of hydrogen-bond acceptors (Lipinski definition) is 3. The molecule has 0 unspecified atom stereocenters. The summed E-state index contributed by atoms with van der Waals surface area (Å²) in [5.41, 5.74) is -0.0122. The van der Waals surface area contributed by atoms with E-state index in [0.717, 1.165) is 6.20 Å². The first kappa shape index (κ1) is 9.67. The summed E-state index contributed by atoms with van der Waals surface area (Å²) in [6.07, 6.45) is 1.25. The SMILES string of the molecule is O=Cc1c[n+](=O)c2ccc(Cl)cc2n1[O-]. The molecule has 6 heteroatoms. The third-order valence-corrected chi connectivity index (χ3v) is 2.23. The molecule has 0 saturated carbocycles. The Morgan fingerprint density at radius 1 is 1.47 bits per heavy atom. The third-order valence-electron chi connectivity index (χ3n) is 2.00. The van der Waals surface area contributed by atoms with E-state index in [0.29, 0.717) is 20.5 Å². The molecule has 0 N–H and O–H groups in total. The fourth-order valence-corrected chi connectivity index (χ4v) is 1.47. The van der Waals surface area contributed by atoms with Crippen molar-refractivity contribution in [2.45, 2.75) is 0 Å². The zero-order valence-electron chi connectivity index (χ0n) is 7.38. The Morgan fingerprint density at radius 3 is 2.87 bits per heavy atom. The molecule has 0 amide bonds. The smallest absolute Gasteiger partial charge is 0.286 e. The second-order valence-corrected chi connectivity index (χ2v) is 3.36. The molecule has 5 nitrogen and oxygen atoms in total. The zero-order valence-corrected chi connectivity index (χ0v) is 8.14. The average Bonchev–Trinajstić information content (AvgIpc) is 2.23. The van der Waals surface area contributed by atoms with Gasteiger partial charge >= 0.3 is 0 Å². The number of hydrogen-bond donors (Lipinski definition) is 0. The molecule has 0 atom stereocenters. The molecule has 15 heavy (non-hydrogen) atoms. The Balaban J connectivity index is 3.01. The third kappa shape index (κ3) is 1.46. The maximum Gasteiger partial charge on any atom is 0.286 e. The monoisotopic (exact) mass is 224 g/mol. The van der Waals surface area contributed by atoms with E-state index in [-0.39, 0.29) is 16.7 Å². The maximum absolute atomic E-state index is 11.5. The van der Waals surface area contributed by atoms with Crippen molar-refractivity contribution in [3.63, 3.8) is 0 Å².